The van der Waals surface area contributed by atoms with Crippen LogP contribution in [-0.4, -0.2) is 3.21 Å². The van der Waals surface area contributed by atoms with Gasteiger partial charge in [-0.25, -0.2) is 12.1 Å². The van der Waals surface area contributed by atoms with E-state index in [4.69, 9.17) is 0 Å². The van der Waals surface area contributed by atoms with Crippen LogP contribution >= 0.6 is 0 Å². The van der Waals surface area contributed by atoms with Crippen LogP contribution in [0.15, 0.2) is 146 Å². The molecule has 0 saturated carbocycles. The van der Waals surface area contributed by atoms with E-state index in [1.165, 1.54) is 93.5 Å². The first kappa shape index (κ1) is 39.3. The van der Waals surface area contributed by atoms with E-state index in [9.17, 15) is 0 Å². The second-order valence-electron chi connectivity index (χ2n) is 14.8. The molecule has 0 N–H and O–H groups in total. The normalized spacial score (nSPS) is 11.5. The molecule has 0 saturated heterocycles. The van der Waals surface area contributed by atoms with Gasteiger partial charge in [0.05, 0.1) is 0 Å². The molecule has 0 unspecified atom stereocenters. The maximum absolute atomic E-state index is 3.53. The molecular weight excluding hydrogens is 727 g/mol. The molecule has 0 heterocycles. The average molecular weight is 771 g/mol. The Balaban J connectivity index is 0.000000190. The third-order valence-corrected chi connectivity index (χ3v) is 10.6. The van der Waals surface area contributed by atoms with Gasteiger partial charge >= 0.3 is 145 Å². The summed E-state index contributed by atoms with van der Waals surface area (Å²) in [6.07, 6.45) is 1.03. The van der Waals surface area contributed by atoms with E-state index < -0.39 is 0 Å². The van der Waals surface area contributed by atoms with E-state index in [0.717, 1.165) is 6.42 Å². The Morgan fingerprint density at radius 3 is 1.54 bits per heavy atom. The van der Waals surface area contributed by atoms with Crippen LogP contribution in [-0.2, 0) is 41.5 Å². The molecule has 7 aromatic rings. The number of hydrogen-bond acceptors (Lipinski definition) is 0. The number of halogens is 2. The van der Waals surface area contributed by atoms with Gasteiger partial charge in [0, 0.05) is 0 Å². The quantitative estimate of drug-likeness (QED) is 0.185. The minimum atomic E-state index is 0. The van der Waals surface area contributed by atoms with Crippen molar-refractivity contribution in [1.82, 2.24) is 0 Å². The zero-order chi connectivity index (χ0) is 33.9. The molecule has 0 bridgehead atoms. The largest absolute Gasteiger partial charge is 0.214 e. The Bertz CT molecular complexity index is 2030. The van der Waals surface area contributed by atoms with Crippen LogP contribution in [0.1, 0.15) is 74.9 Å². The average Bonchev–Trinajstić information content (AvgIpc) is 3.79. The van der Waals surface area contributed by atoms with Gasteiger partial charge in [0.15, 0.2) is 0 Å². The number of rotatable bonds is 2. The van der Waals surface area contributed by atoms with E-state index in [1.54, 1.807) is 0 Å². The SMILES string of the molecule is CC(C)(C)c1c[c-]c2c(c1)-c1cc(C(C)(C)C)ccc1C2.[Cl-].[Cl-].[Zr+2]=[C](c1ccc2ccccc2c1)c1ccc2ccccc2c1.c1cc[cH-]c1. The Hall–Kier alpha value is -3.48. The first-order valence-corrected chi connectivity index (χ1v) is 18.1. The van der Waals surface area contributed by atoms with Gasteiger partial charge in [-0.2, -0.15) is 47.5 Å². The summed E-state index contributed by atoms with van der Waals surface area (Å²) in [6, 6.07) is 55.7. The maximum atomic E-state index is 3.53. The summed E-state index contributed by atoms with van der Waals surface area (Å²) < 4.78 is 1.41. The Morgan fingerprint density at radius 2 is 1.06 bits per heavy atom. The molecule has 0 aromatic heterocycles. The Morgan fingerprint density at radius 1 is 0.560 bits per heavy atom. The van der Waals surface area contributed by atoms with Crippen LogP contribution in [0.3, 0.4) is 0 Å². The van der Waals surface area contributed by atoms with Crippen LogP contribution in [0.2, 0.25) is 0 Å². The van der Waals surface area contributed by atoms with E-state index in [1.807, 2.05) is 30.3 Å². The summed E-state index contributed by atoms with van der Waals surface area (Å²) in [6.45, 7) is 13.6. The third-order valence-electron chi connectivity index (χ3n) is 9.16. The minimum absolute atomic E-state index is 0. The molecule has 0 nitrogen and oxygen atoms in total. The smallest absolute Gasteiger partial charge is 0.172 e. The third kappa shape index (κ3) is 9.24. The summed E-state index contributed by atoms with van der Waals surface area (Å²) in [5, 5.41) is 5.21. The fourth-order valence-electron chi connectivity index (χ4n) is 6.16. The molecule has 3 heteroatoms. The molecular formula is C47H44Cl2Zr-2. The van der Waals surface area contributed by atoms with Crippen molar-refractivity contribution >= 4 is 24.8 Å². The van der Waals surface area contributed by atoms with Gasteiger partial charge in [0.25, 0.3) is 0 Å². The van der Waals surface area contributed by atoms with Gasteiger partial charge in [-0.15, -0.1) is 5.56 Å². The summed E-state index contributed by atoms with van der Waals surface area (Å²) >= 11 is 1.44. The molecule has 7 aromatic carbocycles. The van der Waals surface area contributed by atoms with Crippen molar-refractivity contribution in [1.29, 1.82) is 0 Å². The van der Waals surface area contributed by atoms with Gasteiger partial charge in [-0.1, -0.05) is 76.3 Å². The molecule has 1 aliphatic carbocycles. The van der Waals surface area contributed by atoms with Crippen molar-refractivity contribution in [3.63, 3.8) is 0 Å². The fourth-order valence-corrected chi connectivity index (χ4v) is 6.93. The zero-order valence-electron chi connectivity index (χ0n) is 29.8. The standard InChI is InChI=1S/C21H14.C21H25.C5H5.2ClH.Zr/c1-3-7-20-14-16(9-11-18(20)5-1)13-17-10-12-19-6-2-4-8-21(19)15-17;1-20(2,3)16-9-7-14-11-15-8-10-17(21(4,5)6)13-19(15)18(14)12-16;1-2-4-5-3-1;;;/h1-12,14-15H;7,9-10,12-13H,11H2,1-6H3;1-5H;2*1H;/q;2*-1;;;+2/p-2. The van der Waals surface area contributed by atoms with Gasteiger partial charge in [-0.05, 0) is 17.4 Å². The number of fused-ring (bicyclic) bond motifs is 5. The topological polar surface area (TPSA) is 0 Å². The van der Waals surface area contributed by atoms with E-state index >= 15 is 0 Å². The van der Waals surface area contributed by atoms with E-state index in [2.05, 4.69) is 163 Å². The monoisotopic (exact) mass is 768 g/mol. The summed E-state index contributed by atoms with van der Waals surface area (Å²) in [5.41, 5.74) is 11.4. The van der Waals surface area contributed by atoms with Gasteiger partial charge < -0.3 is 24.8 Å². The summed E-state index contributed by atoms with van der Waals surface area (Å²) in [4.78, 5) is 0. The van der Waals surface area contributed by atoms with Crippen LogP contribution in [0.4, 0.5) is 0 Å². The molecule has 0 amide bonds. The molecule has 0 aliphatic heterocycles. The molecule has 8 rings (SSSR count). The van der Waals surface area contributed by atoms with E-state index in [-0.39, 0.29) is 35.6 Å². The van der Waals surface area contributed by atoms with Gasteiger partial charge in [0.2, 0.25) is 0 Å². The van der Waals surface area contributed by atoms with Crippen molar-refractivity contribution in [3.8, 4) is 11.1 Å². The summed E-state index contributed by atoms with van der Waals surface area (Å²) in [7, 11) is 0. The van der Waals surface area contributed by atoms with Crippen LogP contribution in [0.25, 0.3) is 32.7 Å². The van der Waals surface area contributed by atoms with Crippen molar-refractivity contribution in [2.45, 2.75) is 58.8 Å². The molecule has 0 radical (unpaired) electrons. The molecule has 0 fully saturated rings. The predicted molar refractivity (Wildman–Crippen MR) is 204 cm³/mol. The predicted octanol–water partition coefficient (Wildman–Crippen LogP) is 6.18. The zero-order valence-corrected chi connectivity index (χ0v) is 33.8. The molecule has 252 valence electrons. The van der Waals surface area contributed by atoms with Crippen molar-refractivity contribution in [3.05, 3.63) is 185 Å². The van der Waals surface area contributed by atoms with E-state index in [0.29, 0.717) is 0 Å². The fraction of sp³-hybridized carbons (Fsp3) is 0.191. The molecule has 1 aliphatic rings. The molecule has 50 heavy (non-hydrogen) atoms. The van der Waals surface area contributed by atoms with Crippen molar-refractivity contribution in [2.75, 3.05) is 0 Å². The van der Waals surface area contributed by atoms with Crippen LogP contribution in [0, 0.1) is 6.07 Å². The van der Waals surface area contributed by atoms with Crippen molar-refractivity contribution in [2.24, 2.45) is 0 Å². The van der Waals surface area contributed by atoms with Gasteiger partial charge in [-0.3, -0.25) is 0 Å². The minimum Gasteiger partial charge on any atom is -0.214 e. The second kappa shape index (κ2) is 16.7. The van der Waals surface area contributed by atoms with Crippen molar-refractivity contribution < 1.29 is 49.0 Å². The van der Waals surface area contributed by atoms with Crippen LogP contribution < -0.4 is 24.8 Å². The second-order valence-corrected chi connectivity index (χ2v) is 16.0. The number of hydrogen-bond donors (Lipinski definition) is 0. The van der Waals surface area contributed by atoms with Gasteiger partial charge in [0.1, 0.15) is 0 Å². The first-order valence-electron chi connectivity index (χ1n) is 16.9. The maximum Gasteiger partial charge on any atom is -0.172 e. The molecule has 0 atom stereocenters. The Kier molecular flexibility index (Phi) is 13.1. The Labute approximate surface area is 326 Å². The summed E-state index contributed by atoms with van der Waals surface area (Å²) in [5.74, 6) is 0. The van der Waals surface area contributed by atoms with Crippen LogP contribution in [0.5, 0.6) is 0 Å². The first-order chi connectivity index (χ1) is 23.0. The molecule has 0 spiro atoms. The number of benzene rings is 6.